The summed E-state index contributed by atoms with van der Waals surface area (Å²) < 4.78 is 14.7. The lowest BCUT2D eigenvalue weighted by Crippen LogP contribution is -2.51. The van der Waals surface area contributed by atoms with E-state index in [0.29, 0.717) is 42.1 Å². The summed E-state index contributed by atoms with van der Waals surface area (Å²) in [6.45, 7) is 7.73. The van der Waals surface area contributed by atoms with Gasteiger partial charge in [-0.3, -0.25) is 14.3 Å². The Morgan fingerprint density at radius 2 is 1.64 bits per heavy atom. The van der Waals surface area contributed by atoms with Crippen LogP contribution in [0.1, 0.15) is 52.0 Å². The number of methoxy groups -OCH3 is 1. The van der Waals surface area contributed by atoms with Crippen LogP contribution in [0.2, 0.25) is 18.6 Å². The van der Waals surface area contributed by atoms with Crippen molar-refractivity contribution in [1.29, 1.82) is 0 Å². The molecule has 2 amide bonds. The maximum absolute atomic E-state index is 15.2. The molecule has 12 heteroatoms. The van der Waals surface area contributed by atoms with Crippen molar-refractivity contribution < 1.29 is 24.2 Å². The van der Waals surface area contributed by atoms with Crippen molar-refractivity contribution in [3.8, 4) is 5.75 Å². The van der Waals surface area contributed by atoms with E-state index in [1.54, 1.807) is 31.4 Å². The van der Waals surface area contributed by atoms with Gasteiger partial charge in [-0.2, -0.15) is 0 Å². The minimum absolute atomic E-state index is 0.0503. The number of anilines is 3. The average Bonchev–Trinajstić information content (AvgIpc) is 3.92. The molecule has 2 aliphatic rings. The number of rotatable bonds is 13. The molecule has 0 radical (unpaired) electrons. The minimum atomic E-state index is -2.37. The third-order valence-corrected chi connectivity index (χ3v) is 16.8. The van der Waals surface area contributed by atoms with E-state index in [4.69, 9.17) is 15.2 Å². The number of carbonyl (C=O) groups excluding carboxylic acids is 2. The third kappa shape index (κ3) is 7.43. The van der Waals surface area contributed by atoms with Crippen molar-refractivity contribution in [3.05, 3.63) is 162 Å². The monoisotopic (exact) mass is 806 g/mol. The Morgan fingerprint density at radius 3 is 2.34 bits per heavy atom. The number of amides is 2. The number of nitrogens with two attached hydrogens (primary N) is 1. The lowest BCUT2D eigenvalue weighted by molar-refractivity contribution is -0.146. The average molecular weight is 807 g/mol. The molecule has 302 valence electrons. The van der Waals surface area contributed by atoms with Gasteiger partial charge in [-0.05, 0) is 77.7 Å². The Morgan fingerprint density at radius 1 is 0.949 bits per heavy atom. The van der Waals surface area contributed by atoms with Crippen molar-refractivity contribution in [2.24, 2.45) is 5.92 Å². The normalized spacial score (nSPS) is 20.5. The zero-order valence-corrected chi connectivity index (χ0v) is 34.8. The van der Waals surface area contributed by atoms with Crippen LogP contribution in [0.3, 0.4) is 0 Å². The molecule has 1 spiro atoms. The summed E-state index contributed by atoms with van der Waals surface area (Å²) >= 11 is 0. The van der Waals surface area contributed by atoms with Crippen LogP contribution in [0.4, 0.5) is 17.1 Å². The maximum atomic E-state index is 15.2. The van der Waals surface area contributed by atoms with Gasteiger partial charge in [-0.25, -0.2) is 0 Å². The number of ether oxygens (including phenoxy) is 2. The number of aliphatic hydroxyl groups is 1. The van der Waals surface area contributed by atoms with Gasteiger partial charge in [0.15, 0.2) is 5.60 Å². The topological polar surface area (TPSA) is 145 Å². The number of aromatic nitrogens is 3. The van der Waals surface area contributed by atoms with Crippen molar-refractivity contribution in [2.45, 2.75) is 62.7 Å². The highest BCUT2D eigenvalue weighted by Gasteiger charge is 2.66. The van der Waals surface area contributed by atoms with Crippen LogP contribution in [-0.4, -0.2) is 59.8 Å². The van der Waals surface area contributed by atoms with E-state index in [0.717, 1.165) is 28.1 Å². The van der Waals surface area contributed by atoms with Crippen LogP contribution in [0.15, 0.2) is 134 Å². The first kappa shape index (κ1) is 39.7. The van der Waals surface area contributed by atoms with E-state index in [9.17, 15) is 9.90 Å². The second-order valence-electron chi connectivity index (χ2n) is 16.2. The summed E-state index contributed by atoms with van der Waals surface area (Å²) in [5, 5.41) is 23.5. The predicted octanol–water partition coefficient (Wildman–Crippen LogP) is 7.10. The van der Waals surface area contributed by atoms with Crippen LogP contribution < -0.4 is 25.9 Å². The van der Waals surface area contributed by atoms with E-state index in [1.165, 1.54) is 5.19 Å². The summed E-state index contributed by atoms with van der Waals surface area (Å²) in [6.07, 6.45) is 2.25. The molecule has 5 aromatic carbocycles. The summed E-state index contributed by atoms with van der Waals surface area (Å²) in [7, 11) is -0.694. The molecule has 5 atom stereocenters. The zero-order valence-electron chi connectivity index (χ0n) is 33.8. The molecule has 0 aliphatic carbocycles. The van der Waals surface area contributed by atoms with Crippen LogP contribution >= 0.6 is 0 Å². The van der Waals surface area contributed by atoms with E-state index < -0.39 is 13.7 Å². The summed E-state index contributed by atoms with van der Waals surface area (Å²) in [5.41, 5.74) is 10.7. The SMILES string of the molecule is COc1ccc([Si](C)(C)[C@@H]2[C@@H](CCn3cc(C(CO)c4ccccc4)nn3)O[C@]3(C(=O)N(Cc4ccc(NC(=O)c5ccc(N)cc5)cc4)c4ccccc43)[C@H]2C)cc1. The van der Waals surface area contributed by atoms with Crippen LogP contribution in [-0.2, 0) is 28.2 Å². The number of carbonyl (C=O) groups is 2. The number of benzene rings is 5. The first-order valence-electron chi connectivity index (χ1n) is 20.1. The zero-order chi connectivity index (χ0) is 41.3. The third-order valence-electron chi connectivity index (χ3n) is 12.4. The lowest BCUT2D eigenvalue weighted by atomic mass is 9.82. The summed E-state index contributed by atoms with van der Waals surface area (Å²) in [6, 6.07) is 40.6. The fraction of sp³-hybridized carbons (Fsp3) is 0.277. The van der Waals surface area contributed by atoms with Crippen molar-refractivity contribution in [3.63, 3.8) is 0 Å². The number of para-hydroxylation sites is 1. The molecule has 6 aromatic rings. The molecule has 1 saturated heterocycles. The van der Waals surface area contributed by atoms with E-state index in [2.05, 4.69) is 47.8 Å². The van der Waals surface area contributed by atoms with Gasteiger partial charge in [-0.1, -0.05) is 103 Å². The number of nitrogens with one attached hydrogen (secondary N) is 1. The molecule has 1 aromatic heterocycles. The first-order valence-corrected chi connectivity index (χ1v) is 23.2. The van der Waals surface area contributed by atoms with Crippen molar-refractivity contribution in [1.82, 2.24) is 15.0 Å². The Labute approximate surface area is 345 Å². The van der Waals surface area contributed by atoms with Crippen LogP contribution in [0.5, 0.6) is 5.75 Å². The first-order chi connectivity index (χ1) is 28.5. The molecular formula is C47H50N6O5Si. The highest BCUT2D eigenvalue weighted by atomic mass is 28.3. The van der Waals surface area contributed by atoms with E-state index >= 15 is 4.79 Å². The van der Waals surface area contributed by atoms with E-state index in [1.807, 2.05) is 107 Å². The van der Waals surface area contributed by atoms with Gasteiger partial charge >= 0.3 is 0 Å². The van der Waals surface area contributed by atoms with Gasteiger partial charge in [0.25, 0.3) is 11.8 Å². The molecule has 1 fully saturated rings. The highest BCUT2D eigenvalue weighted by molar-refractivity contribution is 6.91. The highest BCUT2D eigenvalue weighted by Crippen LogP contribution is 2.60. The molecule has 8 rings (SSSR count). The van der Waals surface area contributed by atoms with Gasteiger partial charge < -0.3 is 30.5 Å². The Hall–Kier alpha value is -6.08. The second-order valence-corrected chi connectivity index (χ2v) is 20.9. The molecule has 2 aliphatic heterocycles. The number of hydrogen-bond donors (Lipinski definition) is 3. The number of fused-ring (bicyclic) bond motifs is 2. The van der Waals surface area contributed by atoms with Gasteiger partial charge in [0.2, 0.25) is 0 Å². The Kier molecular flexibility index (Phi) is 11.0. The lowest BCUT2D eigenvalue weighted by Gasteiger charge is -2.37. The quantitative estimate of drug-likeness (QED) is 0.0829. The molecule has 4 N–H and O–H groups in total. The molecule has 11 nitrogen and oxygen atoms in total. The number of nitrogens with zero attached hydrogens (tertiary/aromatic N) is 4. The predicted molar refractivity (Wildman–Crippen MR) is 232 cm³/mol. The fourth-order valence-electron chi connectivity index (χ4n) is 9.31. The molecular weight excluding hydrogens is 757 g/mol. The fourth-order valence-corrected chi connectivity index (χ4v) is 13.4. The van der Waals surface area contributed by atoms with Crippen LogP contribution in [0.25, 0.3) is 0 Å². The van der Waals surface area contributed by atoms with E-state index in [-0.39, 0.29) is 41.9 Å². The second kappa shape index (κ2) is 16.3. The summed E-state index contributed by atoms with van der Waals surface area (Å²) in [4.78, 5) is 30.0. The summed E-state index contributed by atoms with van der Waals surface area (Å²) in [5.74, 6) is 0.0494. The Balaban J connectivity index is 1.08. The molecule has 1 unspecified atom stereocenters. The standard InChI is InChI=1S/C47H50N6O5Si/c1-31-44(59(3,4)38-24-22-37(57-2)23-25-38)43(26-27-52-29-41(50-51-52)39(30-54)33-10-6-5-7-11-33)58-47(31)40-12-8-9-13-42(40)53(46(47)56)28-32-14-20-36(21-15-32)49-45(55)34-16-18-35(48)19-17-34/h5-25,29,31,39,43-44,54H,26-28,30,48H2,1-4H3,(H,49,55)/t31-,39?,43+,44-,47+/m0/s1. The number of nitrogen functional groups attached to an aromatic ring is 1. The van der Waals surface area contributed by atoms with Gasteiger partial charge in [0.05, 0.1) is 51.7 Å². The van der Waals surface area contributed by atoms with Gasteiger partial charge in [-0.15, -0.1) is 5.10 Å². The molecule has 59 heavy (non-hydrogen) atoms. The molecule has 0 saturated carbocycles. The smallest absolute Gasteiger partial charge is 0.264 e. The largest absolute Gasteiger partial charge is 0.497 e. The number of aryl methyl sites for hydroxylation is 1. The maximum Gasteiger partial charge on any atom is 0.264 e. The number of hydrogen-bond acceptors (Lipinski definition) is 8. The minimum Gasteiger partial charge on any atom is -0.497 e. The van der Waals surface area contributed by atoms with Gasteiger partial charge in [0, 0.05) is 41.2 Å². The Bertz CT molecular complexity index is 2420. The van der Waals surface area contributed by atoms with Crippen molar-refractivity contribution >= 4 is 42.1 Å². The molecule has 3 heterocycles. The molecule has 0 bridgehead atoms. The van der Waals surface area contributed by atoms with Crippen LogP contribution in [0, 0.1) is 5.92 Å². The number of aliphatic hydroxyl groups excluding tert-OH is 1. The van der Waals surface area contributed by atoms with Crippen molar-refractivity contribution in [2.75, 3.05) is 29.7 Å². The van der Waals surface area contributed by atoms with Gasteiger partial charge in [0.1, 0.15) is 5.75 Å².